The maximum atomic E-state index is 11.4. The Hall–Kier alpha value is -0.370. The van der Waals surface area contributed by atoms with Crippen LogP contribution in [0.5, 0.6) is 0 Å². The molecule has 1 aliphatic heterocycles. The van der Waals surface area contributed by atoms with Gasteiger partial charge in [0.2, 0.25) is 0 Å². The van der Waals surface area contributed by atoms with Gasteiger partial charge in [-0.05, 0) is 38.5 Å². The Labute approximate surface area is 73.3 Å². The Morgan fingerprint density at radius 1 is 1.33 bits per heavy atom. The summed E-state index contributed by atoms with van der Waals surface area (Å²) in [4.78, 5) is 11.4. The van der Waals surface area contributed by atoms with E-state index in [9.17, 15) is 4.79 Å². The van der Waals surface area contributed by atoms with Crippen LogP contribution in [0.15, 0.2) is 0 Å². The minimum absolute atomic E-state index is 0.101. The van der Waals surface area contributed by atoms with Crippen LogP contribution in [0, 0.1) is 11.3 Å². The van der Waals surface area contributed by atoms with E-state index in [1.54, 1.807) is 6.92 Å². The summed E-state index contributed by atoms with van der Waals surface area (Å²) in [6.45, 7) is 3.47. The van der Waals surface area contributed by atoms with Crippen molar-refractivity contribution in [2.45, 2.75) is 32.6 Å². The van der Waals surface area contributed by atoms with Gasteiger partial charge in [0, 0.05) is 18.6 Å². The van der Waals surface area contributed by atoms with E-state index in [0.717, 1.165) is 38.9 Å². The summed E-state index contributed by atoms with van der Waals surface area (Å²) in [5, 5.41) is 0. The highest BCUT2D eigenvalue weighted by Crippen LogP contribution is 2.55. The largest absolute Gasteiger partial charge is 0.381 e. The number of hydrogen-bond donors (Lipinski definition) is 0. The van der Waals surface area contributed by atoms with Crippen molar-refractivity contribution in [1.29, 1.82) is 0 Å². The van der Waals surface area contributed by atoms with Crippen molar-refractivity contribution in [3.8, 4) is 0 Å². The van der Waals surface area contributed by atoms with E-state index in [1.807, 2.05) is 0 Å². The third-order valence-corrected chi connectivity index (χ3v) is 3.49. The molecule has 0 aromatic carbocycles. The molecule has 2 nitrogen and oxygen atoms in total. The molecule has 1 saturated carbocycles. The Morgan fingerprint density at radius 2 is 1.92 bits per heavy atom. The molecule has 12 heavy (non-hydrogen) atoms. The van der Waals surface area contributed by atoms with Crippen molar-refractivity contribution >= 4 is 5.78 Å². The van der Waals surface area contributed by atoms with Gasteiger partial charge in [-0.15, -0.1) is 0 Å². The quantitative estimate of drug-likeness (QED) is 0.628. The van der Waals surface area contributed by atoms with Crippen molar-refractivity contribution in [2.24, 2.45) is 11.3 Å². The highest BCUT2D eigenvalue weighted by Gasteiger charge is 2.52. The van der Waals surface area contributed by atoms with E-state index in [2.05, 4.69) is 0 Å². The fourth-order valence-corrected chi connectivity index (χ4v) is 2.43. The molecule has 0 aromatic heterocycles. The standard InChI is InChI=1S/C10H16O2/c1-8(11)10(4-5-10)9-2-6-12-7-3-9/h9H,2-7H2,1H3. The minimum atomic E-state index is 0.101. The van der Waals surface area contributed by atoms with E-state index in [0.29, 0.717) is 11.7 Å². The van der Waals surface area contributed by atoms with Crippen LogP contribution in [0.2, 0.25) is 0 Å². The van der Waals surface area contributed by atoms with Gasteiger partial charge in [-0.2, -0.15) is 0 Å². The minimum Gasteiger partial charge on any atom is -0.381 e. The molecule has 2 heteroatoms. The summed E-state index contributed by atoms with van der Waals surface area (Å²) in [7, 11) is 0. The zero-order valence-electron chi connectivity index (χ0n) is 7.64. The highest BCUT2D eigenvalue weighted by molar-refractivity contribution is 5.85. The maximum Gasteiger partial charge on any atom is 0.136 e. The van der Waals surface area contributed by atoms with Gasteiger partial charge >= 0.3 is 0 Å². The monoisotopic (exact) mass is 168 g/mol. The van der Waals surface area contributed by atoms with Crippen LogP contribution in [-0.4, -0.2) is 19.0 Å². The normalized spacial score (nSPS) is 28.4. The zero-order chi connectivity index (χ0) is 8.60. The average Bonchev–Trinajstić information content (AvgIpc) is 2.86. The predicted molar refractivity (Wildman–Crippen MR) is 45.9 cm³/mol. The number of ketones is 1. The third-order valence-electron chi connectivity index (χ3n) is 3.49. The molecular formula is C10H16O2. The zero-order valence-corrected chi connectivity index (χ0v) is 7.64. The molecule has 0 bridgehead atoms. The van der Waals surface area contributed by atoms with Gasteiger partial charge in [0.15, 0.2) is 0 Å². The summed E-state index contributed by atoms with van der Waals surface area (Å²) in [6, 6.07) is 0. The Balaban J connectivity index is 2.02. The summed E-state index contributed by atoms with van der Waals surface area (Å²) < 4.78 is 5.29. The maximum absolute atomic E-state index is 11.4. The van der Waals surface area contributed by atoms with E-state index < -0.39 is 0 Å². The first-order chi connectivity index (χ1) is 5.76. The lowest BCUT2D eigenvalue weighted by Gasteiger charge is -2.28. The number of hydrogen-bond acceptors (Lipinski definition) is 2. The summed E-state index contributed by atoms with van der Waals surface area (Å²) in [5.74, 6) is 1.04. The van der Waals surface area contributed by atoms with Crippen molar-refractivity contribution in [3.63, 3.8) is 0 Å². The molecule has 1 heterocycles. The first kappa shape index (κ1) is 8.24. The van der Waals surface area contributed by atoms with E-state index >= 15 is 0 Å². The molecule has 0 radical (unpaired) electrons. The number of carbonyl (C=O) groups excluding carboxylic acids is 1. The van der Waals surface area contributed by atoms with Gasteiger partial charge in [-0.3, -0.25) is 4.79 Å². The van der Waals surface area contributed by atoms with E-state index in [1.165, 1.54) is 0 Å². The molecule has 2 aliphatic rings. The van der Waals surface area contributed by atoms with Gasteiger partial charge in [0.05, 0.1) is 0 Å². The fraction of sp³-hybridized carbons (Fsp3) is 0.900. The van der Waals surface area contributed by atoms with Gasteiger partial charge in [-0.1, -0.05) is 0 Å². The van der Waals surface area contributed by atoms with Gasteiger partial charge < -0.3 is 4.74 Å². The smallest absolute Gasteiger partial charge is 0.136 e. The number of ether oxygens (including phenoxy) is 1. The number of carbonyl (C=O) groups is 1. The van der Waals surface area contributed by atoms with Crippen LogP contribution >= 0.6 is 0 Å². The van der Waals surface area contributed by atoms with Crippen LogP contribution in [0.3, 0.4) is 0 Å². The molecule has 2 fully saturated rings. The first-order valence-electron chi connectivity index (χ1n) is 4.84. The second-order valence-corrected chi connectivity index (χ2v) is 4.10. The lowest BCUT2D eigenvalue weighted by molar-refractivity contribution is -0.125. The SMILES string of the molecule is CC(=O)C1(C2CCOCC2)CC1. The topological polar surface area (TPSA) is 26.3 Å². The molecule has 0 N–H and O–H groups in total. The van der Waals surface area contributed by atoms with E-state index in [-0.39, 0.29) is 5.41 Å². The number of Topliss-reactive ketones (excluding diaryl/α,β-unsaturated/α-hetero) is 1. The first-order valence-corrected chi connectivity index (χ1v) is 4.84. The molecule has 1 aliphatic carbocycles. The molecule has 68 valence electrons. The summed E-state index contributed by atoms with van der Waals surface area (Å²) in [5.41, 5.74) is 0.101. The second kappa shape index (κ2) is 2.84. The highest BCUT2D eigenvalue weighted by atomic mass is 16.5. The number of rotatable bonds is 2. The second-order valence-electron chi connectivity index (χ2n) is 4.10. The van der Waals surface area contributed by atoms with E-state index in [4.69, 9.17) is 4.74 Å². The van der Waals surface area contributed by atoms with Crippen molar-refractivity contribution < 1.29 is 9.53 Å². The molecule has 0 atom stereocenters. The van der Waals surface area contributed by atoms with Crippen molar-refractivity contribution in [3.05, 3.63) is 0 Å². The predicted octanol–water partition coefficient (Wildman–Crippen LogP) is 1.78. The lowest BCUT2D eigenvalue weighted by atomic mass is 9.81. The molecule has 1 saturated heterocycles. The van der Waals surface area contributed by atoms with Crippen LogP contribution in [-0.2, 0) is 9.53 Å². The molecule has 2 rings (SSSR count). The Morgan fingerprint density at radius 3 is 2.33 bits per heavy atom. The molecule has 0 unspecified atom stereocenters. The molecule has 0 amide bonds. The van der Waals surface area contributed by atoms with Crippen molar-refractivity contribution in [2.75, 3.05) is 13.2 Å². The lowest BCUT2D eigenvalue weighted by Crippen LogP contribution is -2.29. The van der Waals surface area contributed by atoms with Crippen LogP contribution < -0.4 is 0 Å². The fourth-order valence-electron chi connectivity index (χ4n) is 2.43. The van der Waals surface area contributed by atoms with Crippen LogP contribution in [0.25, 0.3) is 0 Å². The molecule has 0 aromatic rings. The van der Waals surface area contributed by atoms with Gasteiger partial charge in [-0.25, -0.2) is 0 Å². The van der Waals surface area contributed by atoms with Gasteiger partial charge in [0.25, 0.3) is 0 Å². The summed E-state index contributed by atoms with van der Waals surface area (Å²) >= 11 is 0. The molecule has 0 spiro atoms. The summed E-state index contributed by atoms with van der Waals surface area (Å²) in [6.07, 6.45) is 4.46. The van der Waals surface area contributed by atoms with Crippen molar-refractivity contribution in [1.82, 2.24) is 0 Å². The van der Waals surface area contributed by atoms with Crippen LogP contribution in [0.4, 0.5) is 0 Å². The average molecular weight is 168 g/mol. The van der Waals surface area contributed by atoms with Gasteiger partial charge in [0.1, 0.15) is 5.78 Å². The Bertz CT molecular complexity index is 188. The Kier molecular flexibility index (Phi) is 1.95. The third kappa shape index (κ3) is 1.18. The molecular weight excluding hydrogens is 152 g/mol. The van der Waals surface area contributed by atoms with Crippen LogP contribution in [0.1, 0.15) is 32.6 Å².